The van der Waals surface area contributed by atoms with Gasteiger partial charge in [-0.25, -0.2) is 19.8 Å². The van der Waals surface area contributed by atoms with Crippen LogP contribution in [0.25, 0.3) is 5.82 Å². The van der Waals surface area contributed by atoms with Gasteiger partial charge in [-0.2, -0.15) is 0 Å². The van der Waals surface area contributed by atoms with Gasteiger partial charge in [0.05, 0.1) is 12.6 Å². The molecule has 0 aliphatic carbocycles. The number of pyridine rings is 1. The van der Waals surface area contributed by atoms with Gasteiger partial charge in [0.1, 0.15) is 17.7 Å². The number of likely N-dealkylation sites (tertiary alicyclic amines) is 1. The molecule has 2 aromatic rings. The van der Waals surface area contributed by atoms with Crippen LogP contribution in [0, 0.1) is 0 Å². The lowest BCUT2D eigenvalue weighted by atomic mass is 10.2. The predicted molar refractivity (Wildman–Crippen MR) is 116 cm³/mol. The topological polar surface area (TPSA) is 96.7 Å². The van der Waals surface area contributed by atoms with E-state index in [4.69, 9.17) is 9.73 Å². The molecule has 162 valence electrons. The molecule has 9 heteroatoms. The lowest BCUT2D eigenvalue weighted by Crippen LogP contribution is -2.44. The number of nitrogens with zero attached hydrogens (tertiary/aromatic N) is 5. The van der Waals surface area contributed by atoms with E-state index in [0.717, 1.165) is 36.9 Å². The molecule has 1 aliphatic rings. The van der Waals surface area contributed by atoms with Crippen molar-refractivity contribution in [2.75, 3.05) is 19.6 Å². The van der Waals surface area contributed by atoms with E-state index in [-0.39, 0.29) is 12.1 Å². The molecule has 0 spiro atoms. The molecule has 0 saturated carbocycles. The van der Waals surface area contributed by atoms with Gasteiger partial charge in [0.2, 0.25) is 0 Å². The Morgan fingerprint density at radius 3 is 2.90 bits per heavy atom. The second kappa shape index (κ2) is 9.60. The maximum atomic E-state index is 12.0. The number of hydrogen-bond acceptors (Lipinski definition) is 5. The number of alkyl carbamates (subject to hydrolysis) is 1. The molecule has 1 atom stereocenters. The third-order valence-corrected chi connectivity index (χ3v) is 4.53. The molecule has 30 heavy (non-hydrogen) atoms. The first kappa shape index (κ1) is 21.6. The molecule has 3 rings (SSSR count). The Morgan fingerprint density at radius 1 is 1.37 bits per heavy atom. The summed E-state index contributed by atoms with van der Waals surface area (Å²) >= 11 is 0. The molecule has 9 nitrogen and oxygen atoms in total. The normalized spacial score (nSPS) is 17.1. The molecule has 0 unspecified atom stereocenters. The number of aliphatic imine (C=N–C) groups is 1. The highest BCUT2D eigenvalue weighted by atomic mass is 16.6. The second-order valence-electron chi connectivity index (χ2n) is 8.24. The second-order valence-corrected chi connectivity index (χ2v) is 8.24. The summed E-state index contributed by atoms with van der Waals surface area (Å²) in [7, 11) is 0. The average Bonchev–Trinajstić information content (AvgIpc) is 3.36. The van der Waals surface area contributed by atoms with E-state index in [1.807, 2.05) is 50.6 Å². The Morgan fingerprint density at radius 2 is 2.20 bits per heavy atom. The molecule has 2 N–H and O–H groups in total. The number of rotatable bonds is 5. The Hall–Kier alpha value is -3.10. The van der Waals surface area contributed by atoms with Crippen LogP contribution in [0.2, 0.25) is 0 Å². The van der Waals surface area contributed by atoms with Crippen LogP contribution in [0.4, 0.5) is 4.79 Å². The molecule has 0 bridgehead atoms. The lowest BCUT2D eigenvalue weighted by molar-refractivity contribution is 0.0507. The van der Waals surface area contributed by atoms with Crippen LogP contribution < -0.4 is 10.6 Å². The number of amides is 1. The van der Waals surface area contributed by atoms with Crippen LogP contribution in [0.1, 0.15) is 39.7 Å². The van der Waals surface area contributed by atoms with E-state index in [9.17, 15) is 4.79 Å². The van der Waals surface area contributed by atoms with Crippen molar-refractivity contribution in [2.24, 2.45) is 4.99 Å². The first-order valence-corrected chi connectivity index (χ1v) is 10.3. The van der Waals surface area contributed by atoms with E-state index >= 15 is 0 Å². The molecule has 0 aromatic carbocycles. The van der Waals surface area contributed by atoms with Crippen molar-refractivity contribution >= 4 is 12.1 Å². The molecule has 1 aliphatic heterocycles. The Labute approximate surface area is 177 Å². The quantitative estimate of drug-likeness (QED) is 0.577. The van der Waals surface area contributed by atoms with Crippen molar-refractivity contribution < 1.29 is 9.53 Å². The summed E-state index contributed by atoms with van der Waals surface area (Å²) in [6, 6.07) is 4.01. The minimum absolute atomic E-state index is 0.0393. The first-order chi connectivity index (χ1) is 14.3. The van der Waals surface area contributed by atoms with Gasteiger partial charge in [0, 0.05) is 38.2 Å². The molecular weight excluding hydrogens is 382 g/mol. The zero-order valence-corrected chi connectivity index (χ0v) is 18.1. The van der Waals surface area contributed by atoms with E-state index in [1.54, 1.807) is 18.7 Å². The fourth-order valence-electron chi connectivity index (χ4n) is 3.23. The number of imidazole rings is 1. The summed E-state index contributed by atoms with van der Waals surface area (Å²) in [5.41, 5.74) is 0.561. The minimum atomic E-state index is -0.501. The van der Waals surface area contributed by atoms with Crippen molar-refractivity contribution in [3.8, 4) is 5.82 Å². The molecule has 3 heterocycles. The van der Waals surface area contributed by atoms with Crippen molar-refractivity contribution in [1.82, 2.24) is 30.1 Å². The maximum Gasteiger partial charge on any atom is 0.407 e. The Bertz CT molecular complexity index is 858. The zero-order chi connectivity index (χ0) is 21.6. The fourth-order valence-corrected chi connectivity index (χ4v) is 3.23. The lowest BCUT2D eigenvalue weighted by Gasteiger charge is -2.23. The highest BCUT2D eigenvalue weighted by Gasteiger charge is 2.27. The number of ether oxygens (including phenoxy) is 1. The standard InChI is InChI=1S/C21H31N7O2/c1-5-23-19(27-10-7-17(14-27)26-20(29)30-21(2,3)4)25-13-16-6-8-24-18(12-16)28-11-9-22-15-28/h6,8-9,11-12,15,17H,5,7,10,13-14H2,1-4H3,(H,23,25)(H,26,29)/t17-/m1/s1. The van der Waals surface area contributed by atoms with Crippen LogP contribution in [0.5, 0.6) is 0 Å². The van der Waals surface area contributed by atoms with Gasteiger partial charge >= 0.3 is 6.09 Å². The van der Waals surface area contributed by atoms with Gasteiger partial charge in [-0.15, -0.1) is 0 Å². The summed E-state index contributed by atoms with van der Waals surface area (Å²) in [4.78, 5) is 27.5. The largest absolute Gasteiger partial charge is 0.444 e. The van der Waals surface area contributed by atoms with Gasteiger partial charge < -0.3 is 20.3 Å². The maximum absolute atomic E-state index is 12.0. The van der Waals surface area contributed by atoms with E-state index in [1.165, 1.54) is 0 Å². The fraction of sp³-hybridized carbons (Fsp3) is 0.524. The van der Waals surface area contributed by atoms with Crippen molar-refractivity contribution in [2.45, 2.75) is 52.3 Å². The molecular formula is C21H31N7O2. The predicted octanol–water partition coefficient (Wildman–Crippen LogP) is 2.33. The Balaban J connectivity index is 1.61. The molecule has 0 radical (unpaired) electrons. The Kier molecular flexibility index (Phi) is 6.91. The molecule has 1 amide bonds. The van der Waals surface area contributed by atoms with Crippen LogP contribution in [0.15, 0.2) is 42.0 Å². The van der Waals surface area contributed by atoms with Crippen LogP contribution in [0.3, 0.4) is 0 Å². The third-order valence-electron chi connectivity index (χ3n) is 4.53. The van der Waals surface area contributed by atoms with Crippen molar-refractivity contribution in [3.63, 3.8) is 0 Å². The number of aromatic nitrogens is 3. The summed E-state index contributed by atoms with van der Waals surface area (Å²) in [6.45, 7) is 10.5. The van der Waals surface area contributed by atoms with E-state index in [0.29, 0.717) is 13.1 Å². The summed E-state index contributed by atoms with van der Waals surface area (Å²) < 4.78 is 7.23. The SMILES string of the molecule is CCNC(=NCc1ccnc(-n2ccnc2)c1)N1CC[C@@H](NC(=O)OC(C)(C)C)C1. The van der Waals surface area contributed by atoms with Gasteiger partial charge in [-0.05, 0) is 51.8 Å². The number of guanidine groups is 1. The summed E-state index contributed by atoms with van der Waals surface area (Å²) in [6.07, 6.45) is 7.57. The molecule has 1 saturated heterocycles. The third kappa shape index (κ3) is 6.20. The zero-order valence-electron chi connectivity index (χ0n) is 18.1. The van der Waals surface area contributed by atoms with Crippen LogP contribution in [-0.2, 0) is 11.3 Å². The summed E-state index contributed by atoms with van der Waals surface area (Å²) in [5, 5.41) is 6.31. The van der Waals surface area contributed by atoms with Gasteiger partial charge in [0.15, 0.2) is 5.96 Å². The first-order valence-electron chi connectivity index (χ1n) is 10.3. The summed E-state index contributed by atoms with van der Waals surface area (Å²) in [5.74, 6) is 1.65. The number of carbonyl (C=O) groups is 1. The highest BCUT2D eigenvalue weighted by molar-refractivity contribution is 5.80. The van der Waals surface area contributed by atoms with Gasteiger partial charge in [-0.1, -0.05) is 0 Å². The van der Waals surface area contributed by atoms with Crippen molar-refractivity contribution in [3.05, 3.63) is 42.6 Å². The number of hydrogen-bond donors (Lipinski definition) is 2. The number of carbonyl (C=O) groups excluding carboxylic acids is 1. The van der Waals surface area contributed by atoms with Gasteiger partial charge in [0.25, 0.3) is 0 Å². The van der Waals surface area contributed by atoms with Crippen LogP contribution >= 0.6 is 0 Å². The van der Waals surface area contributed by atoms with E-state index in [2.05, 4.69) is 25.5 Å². The monoisotopic (exact) mass is 413 g/mol. The average molecular weight is 414 g/mol. The van der Waals surface area contributed by atoms with Gasteiger partial charge in [-0.3, -0.25) is 4.57 Å². The minimum Gasteiger partial charge on any atom is -0.444 e. The molecule has 2 aromatic heterocycles. The van der Waals surface area contributed by atoms with Crippen LogP contribution in [-0.4, -0.2) is 62.8 Å². The van der Waals surface area contributed by atoms with Crippen molar-refractivity contribution in [1.29, 1.82) is 0 Å². The van der Waals surface area contributed by atoms with E-state index < -0.39 is 5.60 Å². The number of nitrogens with one attached hydrogen (secondary N) is 2. The molecule has 1 fully saturated rings. The smallest absolute Gasteiger partial charge is 0.407 e. The highest BCUT2D eigenvalue weighted by Crippen LogP contribution is 2.13.